The molecular weight excluding hydrogens is 442 g/mol. The lowest BCUT2D eigenvalue weighted by atomic mass is 9.85. The van der Waals surface area contributed by atoms with Gasteiger partial charge in [-0.3, -0.25) is 9.59 Å². The number of rotatable bonds is 8. The largest absolute Gasteiger partial charge is 0.507 e. The molecule has 34 heavy (non-hydrogen) atoms. The smallest absolute Gasteiger partial charge is 0.201 e. The number of carbonyl (C=O) groups excluding carboxylic acids is 2. The van der Waals surface area contributed by atoms with Crippen LogP contribution in [0.15, 0.2) is 41.2 Å². The van der Waals surface area contributed by atoms with E-state index in [-0.39, 0.29) is 47.5 Å². The van der Waals surface area contributed by atoms with Gasteiger partial charge >= 0.3 is 0 Å². The van der Waals surface area contributed by atoms with Gasteiger partial charge in [0.1, 0.15) is 11.5 Å². The molecule has 1 fully saturated rings. The summed E-state index contributed by atoms with van der Waals surface area (Å²) < 4.78 is 17.1. The van der Waals surface area contributed by atoms with Crippen molar-refractivity contribution in [3.63, 3.8) is 0 Å². The molecule has 6 atom stereocenters. The molecule has 0 saturated carbocycles. The molecule has 2 unspecified atom stereocenters. The van der Waals surface area contributed by atoms with E-state index in [0.29, 0.717) is 5.57 Å². The Labute approximate surface area is 198 Å². The zero-order valence-electron chi connectivity index (χ0n) is 19.9. The van der Waals surface area contributed by atoms with E-state index < -0.39 is 48.3 Å². The van der Waals surface area contributed by atoms with E-state index in [1.807, 2.05) is 0 Å². The molecule has 1 aromatic carbocycles. The average molecular weight is 476 g/mol. The number of nitrogens with two attached hydrogens (primary N) is 1. The van der Waals surface area contributed by atoms with Gasteiger partial charge in [0.25, 0.3) is 0 Å². The summed E-state index contributed by atoms with van der Waals surface area (Å²) in [5.41, 5.74) is 6.47. The Morgan fingerprint density at radius 1 is 1.32 bits per heavy atom. The van der Waals surface area contributed by atoms with E-state index in [2.05, 4.69) is 0 Å². The highest BCUT2D eigenvalue weighted by molar-refractivity contribution is 6.27. The predicted octanol–water partition coefficient (Wildman–Crippen LogP) is 2.20. The highest BCUT2D eigenvalue weighted by atomic mass is 16.7. The summed E-state index contributed by atoms with van der Waals surface area (Å²) >= 11 is 0. The van der Waals surface area contributed by atoms with Crippen molar-refractivity contribution in [1.29, 1.82) is 0 Å². The van der Waals surface area contributed by atoms with Crippen LogP contribution in [0.2, 0.25) is 0 Å². The minimum atomic E-state index is -0.837. The van der Waals surface area contributed by atoms with Gasteiger partial charge in [-0.2, -0.15) is 0 Å². The van der Waals surface area contributed by atoms with Crippen molar-refractivity contribution < 1.29 is 39.1 Å². The second-order valence-corrected chi connectivity index (χ2v) is 8.73. The number of Topliss-reactive ketones (excluding diaryl/α,β-unsaturated/α-hetero) is 1. The third kappa shape index (κ3) is 5.24. The van der Waals surface area contributed by atoms with E-state index in [4.69, 9.17) is 19.9 Å². The second-order valence-electron chi connectivity index (χ2n) is 8.73. The number of aliphatic hydroxyl groups is 3. The third-order valence-electron chi connectivity index (χ3n) is 6.21. The lowest BCUT2D eigenvalue weighted by molar-refractivity contribution is -0.236. The number of allylic oxidation sites excluding steroid dienone is 2. The fourth-order valence-corrected chi connectivity index (χ4v) is 4.39. The molecule has 1 aliphatic carbocycles. The molecular formula is C25H33NO8. The Balaban J connectivity index is 1.98. The first-order chi connectivity index (χ1) is 16.1. The van der Waals surface area contributed by atoms with Gasteiger partial charge in [0.15, 0.2) is 12.1 Å². The van der Waals surface area contributed by atoms with Crippen LogP contribution in [0, 0.1) is 0 Å². The predicted molar refractivity (Wildman–Crippen MR) is 124 cm³/mol. The Kier molecular flexibility index (Phi) is 8.27. The van der Waals surface area contributed by atoms with E-state index >= 15 is 0 Å². The molecule has 9 nitrogen and oxygen atoms in total. The third-order valence-corrected chi connectivity index (χ3v) is 6.21. The maximum Gasteiger partial charge on any atom is 0.201 e. The number of benzene rings is 1. The van der Waals surface area contributed by atoms with Crippen molar-refractivity contribution >= 4 is 11.6 Å². The highest BCUT2D eigenvalue weighted by Gasteiger charge is 2.37. The van der Waals surface area contributed by atoms with Crippen LogP contribution in [0.3, 0.4) is 0 Å². The molecule has 186 valence electrons. The van der Waals surface area contributed by atoms with Crippen molar-refractivity contribution in [2.24, 2.45) is 5.73 Å². The van der Waals surface area contributed by atoms with Gasteiger partial charge < -0.3 is 35.3 Å². The number of fused-ring (bicyclic) bond motifs is 1. The molecule has 1 aromatic rings. The molecule has 0 aromatic heterocycles. The van der Waals surface area contributed by atoms with Gasteiger partial charge in [0, 0.05) is 36.1 Å². The molecule has 1 aliphatic heterocycles. The topological polar surface area (TPSA) is 149 Å². The van der Waals surface area contributed by atoms with Gasteiger partial charge in [-0.25, -0.2) is 0 Å². The monoisotopic (exact) mass is 475 g/mol. The van der Waals surface area contributed by atoms with Crippen molar-refractivity contribution in [3.8, 4) is 5.75 Å². The zero-order chi connectivity index (χ0) is 25.2. The van der Waals surface area contributed by atoms with Gasteiger partial charge in [-0.15, -0.1) is 0 Å². The number of carbonyl (C=O) groups is 2. The number of hydrogen-bond donors (Lipinski definition) is 4. The summed E-state index contributed by atoms with van der Waals surface area (Å²) in [6, 6.07) is 4.17. The lowest BCUT2D eigenvalue weighted by Gasteiger charge is -2.38. The number of methoxy groups -OCH3 is 1. The normalized spacial score (nSPS) is 27.4. The zero-order valence-corrected chi connectivity index (χ0v) is 19.9. The number of ketones is 2. The second kappa shape index (κ2) is 10.8. The minimum Gasteiger partial charge on any atom is -0.507 e. The first-order valence-corrected chi connectivity index (χ1v) is 11.4. The van der Waals surface area contributed by atoms with E-state index in [0.717, 1.165) is 6.08 Å². The number of aliphatic hydroxyl groups excluding tert-OH is 3. The Bertz CT molecular complexity index is 987. The molecule has 0 amide bonds. The van der Waals surface area contributed by atoms with Gasteiger partial charge in [-0.1, -0.05) is 19.1 Å². The fourth-order valence-electron chi connectivity index (χ4n) is 4.39. The summed E-state index contributed by atoms with van der Waals surface area (Å²) in [5.74, 6) is -1.11. The van der Waals surface area contributed by atoms with Crippen LogP contribution in [0.25, 0.3) is 0 Å². The standard InChI is InChI=1S/C25H33NO8/c1-5-14(20(9-12(2)27)34-21-11-17(26)23(29)13(3)33-21)24(30)16-10-18(28)15-7-6-8-19(32-4)22(15)25(16)31/h6-8,10,12-13,17,20-21,23,27,29-30H,5,9,11,26H2,1-4H3/b24-14-/t12?,13-,17-,20-,21?,23+/m0/s1. The first-order valence-electron chi connectivity index (χ1n) is 11.4. The molecule has 0 bridgehead atoms. The number of hydrogen-bond acceptors (Lipinski definition) is 9. The summed E-state index contributed by atoms with van der Waals surface area (Å²) in [4.78, 5) is 26.1. The van der Waals surface area contributed by atoms with Crippen molar-refractivity contribution in [2.45, 2.75) is 76.8 Å². The van der Waals surface area contributed by atoms with Crippen LogP contribution in [-0.2, 0) is 9.47 Å². The Morgan fingerprint density at radius 2 is 2.03 bits per heavy atom. The summed E-state index contributed by atoms with van der Waals surface area (Å²) in [6.07, 6.45) is -2.10. The Morgan fingerprint density at radius 3 is 2.62 bits per heavy atom. The molecule has 2 aliphatic rings. The molecule has 1 saturated heterocycles. The molecule has 1 heterocycles. The molecule has 0 spiro atoms. The van der Waals surface area contributed by atoms with Gasteiger partial charge in [-0.05, 0) is 26.3 Å². The van der Waals surface area contributed by atoms with E-state index in [1.165, 1.54) is 13.2 Å². The van der Waals surface area contributed by atoms with Crippen molar-refractivity contribution in [2.75, 3.05) is 7.11 Å². The Hall–Kier alpha value is -2.56. The van der Waals surface area contributed by atoms with Crippen LogP contribution >= 0.6 is 0 Å². The minimum absolute atomic E-state index is 0.0897. The van der Waals surface area contributed by atoms with Crippen molar-refractivity contribution in [3.05, 3.63) is 52.3 Å². The maximum atomic E-state index is 13.3. The summed E-state index contributed by atoms with van der Waals surface area (Å²) in [6.45, 7) is 5.03. The highest BCUT2D eigenvalue weighted by Crippen LogP contribution is 2.34. The molecule has 0 radical (unpaired) electrons. The molecule has 5 N–H and O–H groups in total. The van der Waals surface area contributed by atoms with Crippen LogP contribution < -0.4 is 10.5 Å². The van der Waals surface area contributed by atoms with E-state index in [1.54, 1.807) is 32.9 Å². The summed E-state index contributed by atoms with van der Waals surface area (Å²) in [5, 5.41) is 31.3. The SMILES string of the molecule is CC/C(=C(/O)C1=CC(=O)c2cccc(OC)c2C1=O)[C@H](CC(C)O)OC1C[C@H](N)[C@H](O)[C@H](C)O1. The van der Waals surface area contributed by atoms with Gasteiger partial charge in [0.05, 0.1) is 42.7 Å². The van der Waals surface area contributed by atoms with Crippen LogP contribution in [-0.4, -0.2) is 70.7 Å². The lowest BCUT2D eigenvalue weighted by Crippen LogP contribution is -2.52. The van der Waals surface area contributed by atoms with Crippen LogP contribution in [0.1, 0.15) is 60.7 Å². The number of ether oxygens (including phenoxy) is 3. The van der Waals surface area contributed by atoms with Crippen LogP contribution in [0.5, 0.6) is 5.75 Å². The van der Waals surface area contributed by atoms with E-state index in [9.17, 15) is 24.9 Å². The average Bonchev–Trinajstić information content (AvgIpc) is 2.79. The van der Waals surface area contributed by atoms with Gasteiger partial charge in [0.2, 0.25) is 5.78 Å². The van der Waals surface area contributed by atoms with Crippen molar-refractivity contribution in [1.82, 2.24) is 0 Å². The fraction of sp³-hybridized carbons (Fsp3) is 0.520. The first kappa shape index (κ1) is 26.1. The summed E-state index contributed by atoms with van der Waals surface area (Å²) in [7, 11) is 1.40. The van der Waals surface area contributed by atoms with Crippen LogP contribution in [0.4, 0.5) is 0 Å². The molecule has 9 heteroatoms. The molecule has 3 rings (SSSR count). The maximum absolute atomic E-state index is 13.3. The quantitative estimate of drug-likeness (QED) is 0.415.